The van der Waals surface area contributed by atoms with Crippen molar-refractivity contribution in [2.75, 3.05) is 6.61 Å². The van der Waals surface area contributed by atoms with Gasteiger partial charge in [-0.25, -0.2) is 9.78 Å². The van der Waals surface area contributed by atoms with Crippen LogP contribution in [0, 0.1) is 0 Å². The first-order valence-electron chi connectivity index (χ1n) is 7.49. The Labute approximate surface area is 164 Å². The molecule has 0 aliphatic rings. The van der Waals surface area contributed by atoms with Crippen LogP contribution in [0.5, 0.6) is 0 Å². The van der Waals surface area contributed by atoms with E-state index in [0.717, 1.165) is 0 Å². The minimum atomic E-state index is -0.464. The number of nitrogens with zero attached hydrogens (tertiary/aromatic N) is 3. The van der Waals surface area contributed by atoms with E-state index in [-0.39, 0.29) is 6.61 Å². The fourth-order valence-corrected chi connectivity index (χ4v) is 3.87. The Morgan fingerprint density at radius 2 is 1.80 bits per heavy atom. The molecule has 0 unspecified atom stereocenters. The van der Waals surface area contributed by atoms with E-state index < -0.39 is 5.97 Å². The van der Waals surface area contributed by atoms with Crippen LogP contribution >= 0.6 is 46.4 Å². The molecule has 25 heavy (non-hydrogen) atoms. The number of ether oxygens (including phenoxy) is 1. The number of aromatic nitrogens is 3. The molecule has 0 fully saturated rings. The normalized spacial score (nSPS) is 11.3. The molecule has 0 bridgehead atoms. The van der Waals surface area contributed by atoms with Crippen LogP contribution in [0.4, 0.5) is 0 Å². The molecule has 1 aromatic carbocycles. The van der Waals surface area contributed by atoms with Gasteiger partial charge in [-0.15, -0.1) is 0 Å². The van der Waals surface area contributed by atoms with Crippen molar-refractivity contribution in [2.45, 2.75) is 20.3 Å². The van der Waals surface area contributed by atoms with Crippen LogP contribution in [0.1, 0.15) is 30.0 Å². The van der Waals surface area contributed by atoms with Crippen LogP contribution in [-0.4, -0.2) is 26.5 Å². The van der Waals surface area contributed by atoms with Gasteiger partial charge in [-0.3, -0.25) is 8.97 Å². The quantitative estimate of drug-likeness (QED) is 0.525. The number of fused-ring (bicyclic) bond motifs is 1. The van der Waals surface area contributed by atoms with E-state index >= 15 is 0 Å². The summed E-state index contributed by atoms with van der Waals surface area (Å²) in [6.07, 6.45) is 2.13. The summed E-state index contributed by atoms with van der Waals surface area (Å²) in [5, 5.41) is 1.33. The lowest BCUT2D eigenvalue weighted by Crippen LogP contribution is -2.09. The van der Waals surface area contributed by atoms with Crippen LogP contribution in [-0.2, 0) is 11.2 Å². The number of hydrogen-bond acceptors (Lipinski definition) is 3. The second-order valence-electron chi connectivity index (χ2n) is 5.16. The molecular formula is C16H13Cl4N3O2. The van der Waals surface area contributed by atoms with Crippen LogP contribution in [0.25, 0.3) is 11.5 Å². The second kappa shape index (κ2) is 7.08. The summed E-state index contributed by atoms with van der Waals surface area (Å²) in [4.78, 5) is 16.9. The zero-order chi connectivity index (χ0) is 18.3. The van der Waals surface area contributed by atoms with E-state index in [9.17, 15) is 4.79 Å². The number of imidazole rings is 2. The largest absolute Gasteiger partial charge is 0.461 e. The van der Waals surface area contributed by atoms with Crippen molar-refractivity contribution in [1.82, 2.24) is 14.0 Å². The standard InChI is InChI=1S/C16H13Cl4N3O2/c1-3-11-14(15(24)25-4-2)22-7-12(20)23(16(22)21-11)13-9(18)5-8(17)6-10(13)19/h5-7H,3-4H2,1-2H3. The van der Waals surface area contributed by atoms with Gasteiger partial charge < -0.3 is 4.74 Å². The highest BCUT2D eigenvalue weighted by Crippen LogP contribution is 2.36. The maximum atomic E-state index is 12.3. The molecule has 3 rings (SSSR count). The number of carbonyl (C=O) groups is 1. The molecule has 0 spiro atoms. The first kappa shape index (κ1) is 18.4. The predicted molar refractivity (Wildman–Crippen MR) is 99.9 cm³/mol. The van der Waals surface area contributed by atoms with E-state index in [1.54, 1.807) is 34.2 Å². The Morgan fingerprint density at radius 3 is 2.36 bits per heavy atom. The zero-order valence-corrected chi connectivity index (χ0v) is 16.3. The van der Waals surface area contributed by atoms with Gasteiger partial charge in [-0.1, -0.05) is 53.3 Å². The molecule has 0 N–H and O–H groups in total. The Bertz CT molecular complexity index is 955. The third-order valence-electron chi connectivity index (χ3n) is 3.62. The Hall–Kier alpha value is -1.40. The van der Waals surface area contributed by atoms with Crippen molar-refractivity contribution in [3.05, 3.63) is 49.9 Å². The molecule has 0 aliphatic heterocycles. The van der Waals surface area contributed by atoms with E-state index in [4.69, 9.17) is 51.1 Å². The zero-order valence-electron chi connectivity index (χ0n) is 13.3. The molecule has 3 aromatic rings. The second-order valence-corrected chi connectivity index (χ2v) is 6.79. The molecule has 0 amide bonds. The summed E-state index contributed by atoms with van der Waals surface area (Å²) in [5.74, 6) is -0.0509. The Balaban J connectivity index is 2.32. The van der Waals surface area contributed by atoms with Gasteiger partial charge in [0.2, 0.25) is 5.78 Å². The van der Waals surface area contributed by atoms with Crippen molar-refractivity contribution < 1.29 is 9.53 Å². The summed E-state index contributed by atoms with van der Waals surface area (Å²) in [6, 6.07) is 3.13. The smallest absolute Gasteiger partial charge is 0.357 e. The molecule has 5 nitrogen and oxygen atoms in total. The Morgan fingerprint density at radius 1 is 1.16 bits per heavy atom. The van der Waals surface area contributed by atoms with Gasteiger partial charge in [0.25, 0.3) is 0 Å². The van der Waals surface area contributed by atoms with Gasteiger partial charge in [0, 0.05) is 11.2 Å². The SMILES string of the molecule is CCOC(=O)c1c(CC)nc2n(-c3c(Cl)cc(Cl)cc3Cl)c(Cl)cn12. The minimum Gasteiger partial charge on any atom is -0.461 e. The minimum absolute atomic E-state index is 0.262. The third-order valence-corrected chi connectivity index (χ3v) is 4.68. The average molecular weight is 421 g/mol. The molecule has 0 atom stereocenters. The average Bonchev–Trinajstić information content (AvgIpc) is 3.02. The van der Waals surface area contributed by atoms with Crippen molar-refractivity contribution in [3.63, 3.8) is 0 Å². The predicted octanol–water partition coefficient (Wildman–Crippen LogP) is 5.48. The van der Waals surface area contributed by atoms with Crippen LogP contribution in [0.15, 0.2) is 18.3 Å². The molecule has 132 valence electrons. The highest BCUT2D eigenvalue weighted by Gasteiger charge is 2.25. The van der Waals surface area contributed by atoms with Crippen molar-refractivity contribution >= 4 is 58.2 Å². The summed E-state index contributed by atoms with van der Waals surface area (Å²) < 4.78 is 8.29. The number of benzene rings is 1. The summed E-state index contributed by atoms with van der Waals surface area (Å²) in [5.41, 5.74) is 1.37. The lowest BCUT2D eigenvalue weighted by molar-refractivity contribution is 0.0517. The van der Waals surface area contributed by atoms with Crippen molar-refractivity contribution in [2.24, 2.45) is 0 Å². The topological polar surface area (TPSA) is 48.5 Å². The van der Waals surface area contributed by atoms with Gasteiger partial charge >= 0.3 is 5.97 Å². The highest BCUT2D eigenvalue weighted by molar-refractivity contribution is 6.41. The first-order chi connectivity index (χ1) is 11.9. The summed E-state index contributed by atoms with van der Waals surface area (Å²) in [7, 11) is 0. The molecule has 2 heterocycles. The van der Waals surface area contributed by atoms with Crippen molar-refractivity contribution in [1.29, 1.82) is 0 Å². The maximum absolute atomic E-state index is 12.3. The van der Waals surface area contributed by atoms with E-state index in [2.05, 4.69) is 4.98 Å². The fourth-order valence-electron chi connectivity index (χ4n) is 2.62. The van der Waals surface area contributed by atoms with Crippen LogP contribution in [0.2, 0.25) is 20.2 Å². The fraction of sp³-hybridized carbons (Fsp3) is 0.250. The lowest BCUT2D eigenvalue weighted by atomic mass is 10.2. The maximum Gasteiger partial charge on any atom is 0.357 e. The molecule has 0 saturated heterocycles. The molecule has 0 radical (unpaired) electrons. The number of rotatable bonds is 4. The lowest BCUT2D eigenvalue weighted by Gasteiger charge is -2.10. The Kier molecular flexibility index (Phi) is 5.21. The first-order valence-corrected chi connectivity index (χ1v) is 9.00. The van der Waals surface area contributed by atoms with Crippen molar-refractivity contribution in [3.8, 4) is 5.69 Å². The van der Waals surface area contributed by atoms with Crippen LogP contribution < -0.4 is 0 Å². The highest BCUT2D eigenvalue weighted by atomic mass is 35.5. The summed E-state index contributed by atoms with van der Waals surface area (Å²) in [6.45, 7) is 3.91. The third kappa shape index (κ3) is 3.10. The monoisotopic (exact) mass is 419 g/mol. The molecular weight excluding hydrogens is 408 g/mol. The molecule has 2 aromatic heterocycles. The van der Waals surface area contributed by atoms with E-state index in [1.165, 1.54) is 0 Å². The van der Waals surface area contributed by atoms with Gasteiger partial charge in [-0.05, 0) is 25.5 Å². The van der Waals surface area contributed by atoms with E-state index in [1.807, 2.05) is 6.92 Å². The summed E-state index contributed by atoms with van der Waals surface area (Å²) >= 11 is 25.0. The number of aryl methyl sites for hydroxylation is 1. The number of halogens is 4. The number of hydrogen-bond donors (Lipinski definition) is 0. The molecule has 9 heteroatoms. The number of esters is 1. The van der Waals surface area contributed by atoms with Gasteiger partial charge in [0.15, 0.2) is 5.69 Å². The van der Waals surface area contributed by atoms with Gasteiger partial charge in [0.1, 0.15) is 5.15 Å². The van der Waals surface area contributed by atoms with Gasteiger partial charge in [-0.2, -0.15) is 0 Å². The molecule has 0 saturated carbocycles. The number of carbonyl (C=O) groups excluding carboxylic acids is 1. The van der Waals surface area contributed by atoms with E-state index in [0.29, 0.717) is 49.5 Å². The molecule has 0 aliphatic carbocycles. The van der Waals surface area contributed by atoms with Gasteiger partial charge in [0.05, 0.1) is 28.0 Å². The van der Waals surface area contributed by atoms with Crippen LogP contribution in [0.3, 0.4) is 0 Å².